The molecule has 3 aromatic rings. The number of nitrogens with zero attached hydrogens (tertiary/aromatic N) is 4. The molecule has 1 aliphatic rings. The Labute approximate surface area is 157 Å². The molecule has 3 heterocycles. The highest BCUT2D eigenvalue weighted by Crippen LogP contribution is 2.35. The molecule has 1 atom stereocenters. The number of carbonyl (C=O) groups excluding carboxylic acids is 1. The van der Waals surface area contributed by atoms with Gasteiger partial charge in [-0.15, -0.1) is 5.10 Å². The first kappa shape index (κ1) is 17.2. The molecular weight excluding hydrogens is 342 g/mol. The molecule has 0 fully saturated rings. The van der Waals surface area contributed by atoms with Gasteiger partial charge in [0, 0.05) is 24.4 Å². The van der Waals surface area contributed by atoms with Crippen LogP contribution in [0.25, 0.3) is 0 Å². The number of nitrogens with one attached hydrogen (secondary N) is 1. The van der Waals surface area contributed by atoms with Crippen molar-refractivity contribution in [1.82, 2.24) is 19.7 Å². The lowest BCUT2D eigenvalue weighted by molar-refractivity contribution is 0.102. The van der Waals surface area contributed by atoms with Gasteiger partial charge in [-0.05, 0) is 38.0 Å². The van der Waals surface area contributed by atoms with Gasteiger partial charge < -0.3 is 4.74 Å². The maximum atomic E-state index is 12.4. The minimum atomic E-state index is -0.268. The molecule has 0 aliphatic carbocycles. The molecule has 0 radical (unpaired) electrons. The Morgan fingerprint density at radius 1 is 1.33 bits per heavy atom. The average molecular weight is 363 g/mol. The van der Waals surface area contributed by atoms with Gasteiger partial charge in [0.15, 0.2) is 0 Å². The standard InChI is InChI=1S/C20H21N5O2/c1-13-8-9-17(27-2)15(11-13)16-6-3-7-18-22-20(24-25(16)18)23-19(26)14-5-4-10-21-12-14/h4-5,8-12,16H,3,6-7H2,1-2H3,(H,23,24,26). The van der Waals surface area contributed by atoms with Crippen LogP contribution in [0.3, 0.4) is 0 Å². The fourth-order valence-corrected chi connectivity index (χ4v) is 3.48. The molecule has 1 aromatic carbocycles. The van der Waals surface area contributed by atoms with Gasteiger partial charge >= 0.3 is 0 Å². The lowest BCUT2D eigenvalue weighted by Gasteiger charge is -2.25. The van der Waals surface area contributed by atoms with Crippen molar-refractivity contribution < 1.29 is 9.53 Å². The van der Waals surface area contributed by atoms with Gasteiger partial charge in [0.25, 0.3) is 5.91 Å². The Bertz CT molecular complexity index is 968. The number of methoxy groups -OCH3 is 1. The molecule has 4 rings (SSSR count). The molecule has 2 aromatic heterocycles. The molecule has 0 saturated heterocycles. The fourth-order valence-electron chi connectivity index (χ4n) is 3.48. The van der Waals surface area contributed by atoms with Crippen molar-refractivity contribution in [2.45, 2.75) is 32.2 Å². The molecule has 0 bridgehead atoms. The van der Waals surface area contributed by atoms with E-state index in [0.29, 0.717) is 11.5 Å². The minimum Gasteiger partial charge on any atom is -0.496 e. The quantitative estimate of drug-likeness (QED) is 0.770. The van der Waals surface area contributed by atoms with E-state index in [0.717, 1.165) is 36.4 Å². The van der Waals surface area contributed by atoms with Gasteiger partial charge in [-0.25, -0.2) is 4.68 Å². The highest BCUT2D eigenvalue weighted by Gasteiger charge is 2.27. The molecule has 7 heteroatoms. The molecule has 138 valence electrons. The smallest absolute Gasteiger partial charge is 0.259 e. The van der Waals surface area contributed by atoms with Crippen LogP contribution in [-0.2, 0) is 6.42 Å². The second-order valence-electron chi connectivity index (χ2n) is 6.65. The van der Waals surface area contributed by atoms with E-state index in [-0.39, 0.29) is 11.9 Å². The number of fused-ring (bicyclic) bond motifs is 1. The summed E-state index contributed by atoms with van der Waals surface area (Å²) in [4.78, 5) is 20.9. The molecule has 1 amide bonds. The van der Waals surface area contributed by atoms with Crippen molar-refractivity contribution in [2.24, 2.45) is 0 Å². The maximum Gasteiger partial charge on any atom is 0.259 e. The van der Waals surface area contributed by atoms with Gasteiger partial charge in [0.1, 0.15) is 11.6 Å². The third kappa shape index (κ3) is 3.40. The molecule has 7 nitrogen and oxygen atoms in total. The summed E-state index contributed by atoms with van der Waals surface area (Å²) in [6, 6.07) is 9.63. The first-order chi connectivity index (χ1) is 13.2. The van der Waals surface area contributed by atoms with Crippen LogP contribution in [0, 0.1) is 6.92 Å². The van der Waals surface area contributed by atoms with E-state index >= 15 is 0 Å². The predicted octanol–water partition coefficient (Wildman–Crippen LogP) is 3.17. The van der Waals surface area contributed by atoms with Crippen molar-refractivity contribution in [2.75, 3.05) is 12.4 Å². The summed E-state index contributed by atoms with van der Waals surface area (Å²) >= 11 is 0. The fraction of sp³-hybridized carbons (Fsp3) is 0.300. The first-order valence-corrected chi connectivity index (χ1v) is 8.97. The van der Waals surface area contributed by atoms with Crippen LogP contribution in [0.2, 0.25) is 0 Å². The number of pyridine rings is 1. The Kier molecular flexibility index (Phi) is 4.58. The number of benzene rings is 1. The summed E-state index contributed by atoms with van der Waals surface area (Å²) in [6.45, 7) is 2.06. The van der Waals surface area contributed by atoms with Crippen LogP contribution >= 0.6 is 0 Å². The topological polar surface area (TPSA) is 81.9 Å². The zero-order valence-electron chi connectivity index (χ0n) is 15.3. The van der Waals surface area contributed by atoms with Gasteiger partial charge in [0.05, 0.1) is 18.7 Å². The summed E-state index contributed by atoms with van der Waals surface area (Å²) in [5.41, 5.74) is 2.74. The number of ether oxygens (including phenoxy) is 1. The Morgan fingerprint density at radius 3 is 3.00 bits per heavy atom. The number of anilines is 1. The molecule has 27 heavy (non-hydrogen) atoms. The third-order valence-electron chi connectivity index (χ3n) is 4.77. The van der Waals surface area contributed by atoms with Crippen molar-refractivity contribution in [3.8, 4) is 5.75 Å². The Hall–Kier alpha value is -3.22. The van der Waals surface area contributed by atoms with Crippen molar-refractivity contribution in [3.05, 3.63) is 65.2 Å². The highest BCUT2D eigenvalue weighted by molar-refractivity contribution is 6.03. The summed E-state index contributed by atoms with van der Waals surface area (Å²) in [5.74, 6) is 1.76. The summed E-state index contributed by atoms with van der Waals surface area (Å²) in [5, 5.41) is 7.35. The lowest BCUT2D eigenvalue weighted by atomic mass is 9.95. The van der Waals surface area contributed by atoms with E-state index in [9.17, 15) is 4.79 Å². The summed E-state index contributed by atoms with van der Waals surface area (Å²) < 4.78 is 7.48. The van der Waals surface area contributed by atoms with Crippen LogP contribution in [-0.4, -0.2) is 32.8 Å². The van der Waals surface area contributed by atoms with Gasteiger partial charge in [-0.3, -0.25) is 15.1 Å². The minimum absolute atomic E-state index is 0.0418. The Balaban J connectivity index is 1.64. The predicted molar refractivity (Wildman–Crippen MR) is 101 cm³/mol. The third-order valence-corrected chi connectivity index (χ3v) is 4.77. The van der Waals surface area contributed by atoms with Gasteiger partial charge in [-0.2, -0.15) is 4.98 Å². The second-order valence-corrected chi connectivity index (χ2v) is 6.65. The molecule has 1 aliphatic heterocycles. The number of hydrogen-bond donors (Lipinski definition) is 1. The number of aromatic nitrogens is 4. The van der Waals surface area contributed by atoms with Crippen LogP contribution in [0.5, 0.6) is 5.75 Å². The Morgan fingerprint density at radius 2 is 2.22 bits per heavy atom. The lowest BCUT2D eigenvalue weighted by Crippen LogP contribution is -2.21. The van der Waals surface area contributed by atoms with E-state index in [4.69, 9.17) is 4.74 Å². The molecule has 0 saturated carbocycles. The molecule has 0 spiro atoms. The first-order valence-electron chi connectivity index (χ1n) is 8.97. The normalized spacial score (nSPS) is 15.9. The van der Waals surface area contributed by atoms with Crippen LogP contribution in [0.1, 0.15) is 46.2 Å². The summed E-state index contributed by atoms with van der Waals surface area (Å²) in [7, 11) is 1.68. The monoisotopic (exact) mass is 363 g/mol. The maximum absolute atomic E-state index is 12.4. The van der Waals surface area contributed by atoms with E-state index in [1.54, 1.807) is 25.4 Å². The number of hydrogen-bond acceptors (Lipinski definition) is 5. The molecular formula is C20H21N5O2. The number of carbonyl (C=O) groups is 1. The zero-order chi connectivity index (χ0) is 18.8. The number of aryl methyl sites for hydroxylation is 2. The van der Waals surface area contributed by atoms with Crippen LogP contribution in [0.15, 0.2) is 42.7 Å². The van der Waals surface area contributed by atoms with E-state index in [1.807, 2.05) is 16.8 Å². The zero-order valence-corrected chi connectivity index (χ0v) is 15.3. The average Bonchev–Trinajstić information content (AvgIpc) is 3.11. The van der Waals surface area contributed by atoms with E-state index < -0.39 is 0 Å². The number of rotatable bonds is 4. The second kappa shape index (κ2) is 7.19. The molecule has 1 N–H and O–H groups in total. The van der Waals surface area contributed by atoms with Crippen molar-refractivity contribution >= 4 is 11.9 Å². The molecule has 1 unspecified atom stereocenters. The summed E-state index contributed by atoms with van der Waals surface area (Å²) in [6.07, 6.45) is 5.94. The van der Waals surface area contributed by atoms with Crippen molar-refractivity contribution in [3.63, 3.8) is 0 Å². The SMILES string of the molecule is COc1ccc(C)cc1C1CCCc2nc(NC(=O)c3cccnc3)nn21. The number of amides is 1. The largest absolute Gasteiger partial charge is 0.496 e. The van der Waals surface area contributed by atoms with E-state index in [1.165, 1.54) is 11.8 Å². The van der Waals surface area contributed by atoms with Gasteiger partial charge in [0.2, 0.25) is 5.95 Å². The van der Waals surface area contributed by atoms with Crippen LogP contribution < -0.4 is 10.1 Å². The van der Waals surface area contributed by atoms with Gasteiger partial charge in [-0.1, -0.05) is 17.7 Å². The van der Waals surface area contributed by atoms with Crippen molar-refractivity contribution in [1.29, 1.82) is 0 Å². The highest BCUT2D eigenvalue weighted by atomic mass is 16.5. The van der Waals surface area contributed by atoms with Crippen LogP contribution in [0.4, 0.5) is 5.95 Å². The van der Waals surface area contributed by atoms with E-state index in [2.05, 4.69) is 33.4 Å².